The first kappa shape index (κ1) is 25.3. The van der Waals surface area contributed by atoms with Gasteiger partial charge in [0.25, 0.3) is 0 Å². The zero-order chi connectivity index (χ0) is 25.2. The third-order valence-corrected chi connectivity index (χ3v) is 9.55. The highest BCUT2D eigenvalue weighted by Crippen LogP contribution is 2.51. The topological polar surface area (TPSA) is 49.2 Å². The molecule has 200 valence electrons. The van der Waals surface area contributed by atoms with Crippen LogP contribution in [0.25, 0.3) is 0 Å². The Kier molecular flexibility index (Phi) is 7.51. The number of rotatable bonds is 8. The smallest absolute Gasteiger partial charge is 0.114 e. The average molecular weight is 503 g/mol. The van der Waals surface area contributed by atoms with Gasteiger partial charge in [-0.2, -0.15) is 0 Å². The quantitative estimate of drug-likeness (QED) is 0.404. The molecule has 6 rings (SSSR count). The molecule has 2 aliphatic carbocycles. The first-order valence-corrected chi connectivity index (χ1v) is 15.0. The molecule has 6 nitrogen and oxygen atoms in total. The van der Waals surface area contributed by atoms with Gasteiger partial charge in [-0.1, -0.05) is 38.0 Å². The number of pyridine rings is 1. The minimum atomic E-state index is 0.0368. The van der Waals surface area contributed by atoms with Gasteiger partial charge >= 0.3 is 0 Å². The van der Waals surface area contributed by atoms with E-state index < -0.39 is 0 Å². The average Bonchev–Trinajstić information content (AvgIpc) is 3.47. The number of fused-ring (bicyclic) bond motifs is 6. The van der Waals surface area contributed by atoms with Gasteiger partial charge in [0.1, 0.15) is 11.5 Å². The molecular weight excluding hydrogens is 456 g/mol. The lowest BCUT2D eigenvalue weighted by Gasteiger charge is -2.41. The standard InChI is InChI=1S/C31H46N6/c1-3-35(2)19-10-18-33-31-21-26(31)15-7-16-28-34-27(23-37(28)31)22-36-20-9-14-25-12-6-4-5-11-24-13-8-17-32-29(24)30(25)36/h7-8,13,15,17,23,25-26,30,33H,3-6,9-12,14,16,18-22H2,1-2H3/t25-,26?,30-,31?/m0/s1. The monoisotopic (exact) mass is 502 g/mol. The summed E-state index contributed by atoms with van der Waals surface area (Å²) in [6.07, 6.45) is 21.6. The maximum atomic E-state index is 5.25. The van der Waals surface area contributed by atoms with Gasteiger partial charge in [0.2, 0.25) is 0 Å². The first-order chi connectivity index (χ1) is 18.2. The van der Waals surface area contributed by atoms with Crippen LogP contribution in [0.15, 0.2) is 36.7 Å². The van der Waals surface area contributed by atoms with Crippen molar-refractivity contribution in [3.05, 3.63) is 59.5 Å². The molecule has 0 spiro atoms. The summed E-state index contributed by atoms with van der Waals surface area (Å²) in [6, 6.07) is 4.90. The minimum absolute atomic E-state index is 0.0368. The van der Waals surface area contributed by atoms with Crippen LogP contribution in [0.1, 0.15) is 87.1 Å². The Morgan fingerprint density at radius 2 is 2.11 bits per heavy atom. The van der Waals surface area contributed by atoms with Crippen molar-refractivity contribution in [2.45, 2.75) is 89.4 Å². The Labute approximate surface area is 223 Å². The van der Waals surface area contributed by atoms with Gasteiger partial charge in [-0.15, -0.1) is 0 Å². The summed E-state index contributed by atoms with van der Waals surface area (Å²) in [4.78, 5) is 15.4. The van der Waals surface area contributed by atoms with Crippen LogP contribution in [0, 0.1) is 11.8 Å². The van der Waals surface area contributed by atoms with Gasteiger partial charge in [-0.05, 0) is 95.7 Å². The van der Waals surface area contributed by atoms with Crippen molar-refractivity contribution in [1.82, 2.24) is 29.7 Å². The van der Waals surface area contributed by atoms with Crippen LogP contribution in [-0.4, -0.2) is 57.6 Å². The molecule has 0 radical (unpaired) electrons. The molecule has 1 N–H and O–H groups in total. The van der Waals surface area contributed by atoms with Crippen molar-refractivity contribution in [2.75, 3.05) is 33.2 Å². The number of likely N-dealkylation sites (tertiary alicyclic amines) is 1. The molecule has 2 unspecified atom stereocenters. The van der Waals surface area contributed by atoms with Crippen molar-refractivity contribution in [3.8, 4) is 0 Å². The van der Waals surface area contributed by atoms with E-state index in [0.717, 1.165) is 39.1 Å². The highest BCUT2D eigenvalue weighted by molar-refractivity contribution is 5.27. The SMILES string of the molecule is CCN(C)CCCNC12CC1C=CCc1nc(CN3CCC[C@@H]4CCCCCc5cccnc5[C@H]43)cn12. The number of hydrogen-bond donors (Lipinski definition) is 1. The predicted molar refractivity (Wildman–Crippen MR) is 149 cm³/mol. The fourth-order valence-corrected chi connectivity index (χ4v) is 7.32. The van der Waals surface area contributed by atoms with Crippen LogP contribution in [0.4, 0.5) is 0 Å². The summed E-state index contributed by atoms with van der Waals surface area (Å²) in [5, 5.41) is 3.97. The summed E-state index contributed by atoms with van der Waals surface area (Å²) in [5.41, 5.74) is 4.11. The van der Waals surface area contributed by atoms with E-state index >= 15 is 0 Å². The van der Waals surface area contributed by atoms with Gasteiger partial charge in [0, 0.05) is 31.3 Å². The van der Waals surface area contributed by atoms with E-state index in [1.165, 1.54) is 80.6 Å². The second-order valence-electron chi connectivity index (χ2n) is 12.0. The van der Waals surface area contributed by atoms with Gasteiger partial charge in [-0.3, -0.25) is 15.2 Å². The summed E-state index contributed by atoms with van der Waals surface area (Å²) in [5.74, 6) is 2.53. The number of hydrogen-bond acceptors (Lipinski definition) is 5. The van der Waals surface area contributed by atoms with E-state index in [-0.39, 0.29) is 5.66 Å². The fourth-order valence-electron chi connectivity index (χ4n) is 7.32. The molecule has 37 heavy (non-hydrogen) atoms. The lowest BCUT2D eigenvalue weighted by molar-refractivity contribution is 0.0748. The van der Waals surface area contributed by atoms with Crippen molar-refractivity contribution in [3.63, 3.8) is 0 Å². The molecule has 1 saturated carbocycles. The maximum Gasteiger partial charge on any atom is 0.114 e. The molecule has 4 heterocycles. The van der Waals surface area contributed by atoms with E-state index in [2.05, 4.69) is 64.1 Å². The Balaban J connectivity index is 1.23. The Morgan fingerprint density at radius 1 is 1.19 bits per heavy atom. The lowest BCUT2D eigenvalue weighted by Crippen LogP contribution is -2.39. The van der Waals surface area contributed by atoms with Crippen LogP contribution >= 0.6 is 0 Å². The molecule has 2 aliphatic heterocycles. The van der Waals surface area contributed by atoms with Crippen molar-refractivity contribution >= 4 is 0 Å². The van der Waals surface area contributed by atoms with Gasteiger partial charge < -0.3 is 9.47 Å². The number of nitrogens with zero attached hydrogens (tertiary/aromatic N) is 5. The number of nitrogens with one attached hydrogen (secondary N) is 1. The number of aromatic nitrogens is 3. The molecule has 2 aromatic heterocycles. The van der Waals surface area contributed by atoms with Gasteiger partial charge in [-0.25, -0.2) is 4.98 Å². The number of aryl methyl sites for hydroxylation is 1. The third-order valence-electron chi connectivity index (χ3n) is 9.55. The summed E-state index contributed by atoms with van der Waals surface area (Å²) in [6.45, 7) is 7.63. The van der Waals surface area contributed by atoms with Gasteiger partial charge in [0.15, 0.2) is 0 Å². The van der Waals surface area contributed by atoms with E-state index in [1.54, 1.807) is 0 Å². The first-order valence-electron chi connectivity index (χ1n) is 15.0. The highest BCUT2D eigenvalue weighted by atomic mass is 15.3. The second kappa shape index (κ2) is 11.0. The molecule has 0 bridgehead atoms. The van der Waals surface area contributed by atoms with E-state index in [0.29, 0.717) is 17.9 Å². The van der Waals surface area contributed by atoms with E-state index in [4.69, 9.17) is 9.97 Å². The largest absolute Gasteiger partial charge is 0.315 e. The number of piperidine rings is 1. The molecule has 4 atom stereocenters. The molecular formula is C31H46N6. The summed E-state index contributed by atoms with van der Waals surface area (Å²) < 4.78 is 2.52. The Bertz CT molecular complexity index is 1090. The zero-order valence-electron chi connectivity index (χ0n) is 23.0. The van der Waals surface area contributed by atoms with E-state index in [9.17, 15) is 0 Å². The number of allylic oxidation sites excluding steroid dienone is 1. The molecule has 2 fully saturated rings. The summed E-state index contributed by atoms with van der Waals surface area (Å²) >= 11 is 0. The van der Waals surface area contributed by atoms with Crippen LogP contribution in [0.2, 0.25) is 0 Å². The van der Waals surface area contributed by atoms with Crippen molar-refractivity contribution < 1.29 is 0 Å². The molecule has 2 aromatic rings. The minimum Gasteiger partial charge on any atom is -0.315 e. The Hall–Kier alpha value is -2.02. The van der Waals surface area contributed by atoms with Crippen molar-refractivity contribution in [2.24, 2.45) is 11.8 Å². The van der Waals surface area contributed by atoms with Crippen LogP contribution in [0.3, 0.4) is 0 Å². The fraction of sp³-hybridized carbons (Fsp3) is 0.677. The maximum absolute atomic E-state index is 5.25. The Morgan fingerprint density at radius 3 is 3.03 bits per heavy atom. The lowest BCUT2D eigenvalue weighted by atomic mass is 9.82. The summed E-state index contributed by atoms with van der Waals surface area (Å²) in [7, 11) is 2.21. The number of imidazole rings is 1. The van der Waals surface area contributed by atoms with E-state index in [1.807, 2.05) is 6.20 Å². The molecule has 1 saturated heterocycles. The van der Waals surface area contributed by atoms with Crippen LogP contribution in [-0.2, 0) is 25.0 Å². The highest BCUT2D eigenvalue weighted by Gasteiger charge is 2.55. The third kappa shape index (κ3) is 5.17. The van der Waals surface area contributed by atoms with Crippen LogP contribution in [0.5, 0.6) is 0 Å². The van der Waals surface area contributed by atoms with Crippen molar-refractivity contribution in [1.29, 1.82) is 0 Å². The molecule has 6 heteroatoms. The van der Waals surface area contributed by atoms with Crippen LogP contribution < -0.4 is 5.32 Å². The van der Waals surface area contributed by atoms with Gasteiger partial charge in [0.05, 0.1) is 17.4 Å². The molecule has 0 amide bonds. The predicted octanol–water partition coefficient (Wildman–Crippen LogP) is 5.06. The zero-order valence-corrected chi connectivity index (χ0v) is 23.0. The second-order valence-corrected chi connectivity index (χ2v) is 12.0. The normalized spacial score (nSPS) is 29.3. The molecule has 0 aromatic carbocycles. The molecule has 4 aliphatic rings.